The number of nitrogens with zero attached hydrogens (tertiary/aromatic N) is 3. The van der Waals surface area contributed by atoms with E-state index in [9.17, 15) is 14.9 Å². The molecule has 2 rings (SSSR count). The van der Waals surface area contributed by atoms with Gasteiger partial charge in [0.15, 0.2) is 0 Å². The number of carboxylic acid groups (broad SMARTS) is 1. The zero-order valence-corrected chi connectivity index (χ0v) is 11.9. The second-order valence-corrected chi connectivity index (χ2v) is 5.74. The van der Waals surface area contributed by atoms with Crippen LogP contribution in [0.4, 0.5) is 11.4 Å². The number of carboxylic acids is 1. The third-order valence-electron chi connectivity index (χ3n) is 3.25. The highest BCUT2D eigenvalue weighted by atomic mass is 32.2. The molecule has 0 aromatic heterocycles. The predicted molar refractivity (Wildman–Crippen MR) is 78.5 cm³/mol. The predicted octanol–water partition coefficient (Wildman–Crippen LogP) is 1.86. The van der Waals surface area contributed by atoms with Crippen molar-refractivity contribution in [2.45, 2.75) is 12.5 Å². The van der Waals surface area contributed by atoms with Crippen molar-refractivity contribution < 1.29 is 14.8 Å². The minimum absolute atomic E-state index is 0.0824. The van der Waals surface area contributed by atoms with Crippen molar-refractivity contribution in [3.05, 3.63) is 33.9 Å². The fraction of sp³-hybridized carbons (Fsp3) is 0.385. The molecule has 1 fully saturated rings. The van der Waals surface area contributed by atoms with E-state index in [2.05, 4.69) is 0 Å². The fourth-order valence-electron chi connectivity index (χ4n) is 2.32. The van der Waals surface area contributed by atoms with Gasteiger partial charge in [-0.15, -0.1) is 0 Å². The highest BCUT2D eigenvalue weighted by molar-refractivity contribution is 7.99. The van der Waals surface area contributed by atoms with E-state index in [0.29, 0.717) is 23.5 Å². The Bertz CT molecular complexity index is 614. The quantitative estimate of drug-likeness (QED) is 0.668. The van der Waals surface area contributed by atoms with Gasteiger partial charge in [-0.1, -0.05) is 0 Å². The van der Waals surface area contributed by atoms with Crippen LogP contribution < -0.4 is 4.90 Å². The summed E-state index contributed by atoms with van der Waals surface area (Å²) in [6.07, 6.45) is -0.0824. The third-order valence-corrected chi connectivity index (χ3v) is 4.34. The van der Waals surface area contributed by atoms with E-state index in [0.717, 1.165) is 5.75 Å². The number of benzene rings is 1. The number of nitro benzene ring substituents is 1. The van der Waals surface area contributed by atoms with E-state index in [-0.39, 0.29) is 18.2 Å². The minimum atomic E-state index is -0.938. The minimum Gasteiger partial charge on any atom is -0.481 e. The average molecular weight is 307 g/mol. The molecule has 1 N–H and O–H groups in total. The lowest BCUT2D eigenvalue weighted by molar-refractivity contribution is -0.384. The van der Waals surface area contributed by atoms with Gasteiger partial charge in [-0.3, -0.25) is 14.9 Å². The van der Waals surface area contributed by atoms with E-state index in [1.165, 1.54) is 18.2 Å². The molecule has 0 aliphatic carbocycles. The molecule has 1 atom stereocenters. The first-order valence-corrected chi connectivity index (χ1v) is 7.43. The maximum Gasteiger partial charge on any atom is 0.305 e. The summed E-state index contributed by atoms with van der Waals surface area (Å²) in [6.45, 7) is 0.526. The summed E-state index contributed by atoms with van der Waals surface area (Å²) in [5, 5.41) is 29.1. The van der Waals surface area contributed by atoms with Gasteiger partial charge in [0, 0.05) is 30.2 Å². The molecule has 21 heavy (non-hydrogen) atoms. The normalized spacial score (nSPS) is 18.0. The van der Waals surface area contributed by atoms with E-state index in [1.54, 1.807) is 16.7 Å². The van der Waals surface area contributed by atoms with Crippen molar-refractivity contribution in [1.82, 2.24) is 0 Å². The average Bonchev–Trinajstić information content (AvgIpc) is 2.46. The Kier molecular flexibility index (Phi) is 4.65. The van der Waals surface area contributed by atoms with Crippen LogP contribution in [-0.2, 0) is 4.79 Å². The fourth-order valence-corrected chi connectivity index (χ4v) is 3.38. The van der Waals surface area contributed by atoms with E-state index in [4.69, 9.17) is 10.4 Å². The number of anilines is 1. The van der Waals surface area contributed by atoms with Crippen LogP contribution in [0, 0.1) is 21.4 Å². The monoisotopic (exact) mass is 307 g/mol. The van der Waals surface area contributed by atoms with Crippen LogP contribution in [0.5, 0.6) is 0 Å². The van der Waals surface area contributed by atoms with Crippen LogP contribution >= 0.6 is 11.8 Å². The molecule has 0 saturated carbocycles. The Balaban J connectivity index is 2.43. The van der Waals surface area contributed by atoms with E-state index < -0.39 is 10.9 Å². The summed E-state index contributed by atoms with van der Waals surface area (Å²) in [5.74, 6) is 0.427. The van der Waals surface area contributed by atoms with Crippen molar-refractivity contribution in [3.63, 3.8) is 0 Å². The lowest BCUT2D eigenvalue weighted by Crippen LogP contribution is -2.44. The summed E-state index contributed by atoms with van der Waals surface area (Å²) >= 11 is 1.63. The highest BCUT2D eigenvalue weighted by Gasteiger charge is 2.30. The van der Waals surface area contributed by atoms with Crippen molar-refractivity contribution in [3.8, 4) is 6.07 Å². The summed E-state index contributed by atoms with van der Waals surface area (Å²) in [7, 11) is 0. The van der Waals surface area contributed by atoms with Crippen LogP contribution in [0.2, 0.25) is 0 Å². The highest BCUT2D eigenvalue weighted by Crippen LogP contribution is 2.34. The van der Waals surface area contributed by atoms with Gasteiger partial charge in [-0.25, -0.2) is 0 Å². The first-order chi connectivity index (χ1) is 10.0. The molecular formula is C13H13N3O4S. The molecule has 0 bridgehead atoms. The second-order valence-electron chi connectivity index (χ2n) is 4.59. The van der Waals surface area contributed by atoms with Gasteiger partial charge in [0.05, 0.1) is 23.0 Å². The number of rotatable bonds is 4. The van der Waals surface area contributed by atoms with Crippen LogP contribution in [0.15, 0.2) is 18.2 Å². The molecule has 1 unspecified atom stereocenters. The Morgan fingerprint density at radius 1 is 1.62 bits per heavy atom. The van der Waals surface area contributed by atoms with Crippen LogP contribution in [-0.4, -0.2) is 40.1 Å². The van der Waals surface area contributed by atoms with Gasteiger partial charge >= 0.3 is 5.97 Å². The lowest BCUT2D eigenvalue weighted by atomic mass is 10.1. The second kappa shape index (κ2) is 6.45. The maximum absolute atomic E-state index is 11.2. The Morgan fingerprint density at radius 3 is 3.00 bits per heavy atom. The Labute approximate surface area is 125 Å². The molecule has 1 aromatic carbocycles. The maximum atomic E-state index is 11.2. The summed E-state index contributed by atoms with van der Waals surface area (Å²) in [5.41, 5.74) is 0.546. The smallest absolute Gasteiger partial charge is 0.305 e. The molecule has 0 radical (unpaired) electrons. The largest absolute Gasteiger partial charge is 0.481 e. The number of nitriles is 1. The zero-order valence-electron chi connectivity index (χ0n) is 11.1. The van der Waals surface area contributed by atoms with Crippen LogP contribution in [0.1, 0.15) is 12.0 Å². The Morgan fingerprint density at radius 2 is 2.38 bits per heavy atom. The van der Waals surface area contributed by atoms with Gasteiger partial charge in [0.25, 0.3) is 5.69 Å². The first kappa shape index (κ1) is 15.1. The zero-order chi connectivity index (χ0) is 15.4. The van der Waals surface area contributed by atoms with E-state index >= 15 is 0 Å². The number of aliphatic carboxylic acids is 1. The van der Waals surface area contributed by atoms with Gasteiger partial charge in [0.1, 0.15) is 5.69 Å². The topological polar surface area (TPSA) is 107 Å². The molecule has 1 aromatic rings. The van der Waals surface area contributed by atoms with Crippen LogP contribution in [0.25, 0.3) is 0 Å². The van der Waals surface area contributed by atoms with Crippen LogP contribution in [0.3, 0.4) is 0 Å². The molecule has 1 aliphatic rings. The van der Waals surface area contributed by atoms with Crippen molar-refractivity contribution in [2.24, 2.45) is 0 Å². The Hall–Kier alpha value is -2.27. The first-order valence-electron chi connectivity index (χ1n) is 6.27. The molecule has 1 saturated heterocycles. The number of hydrogen-bond acceptors (Lipinski definition) is 6. The van der Waals surface area contributed by atoms with Gasteiger partial charge in [-0.05, 0) is 12.1 Å². The lowest BCUT2D eigenvalue weighted by Gasteiger charge is -2.36. The van der Waals surface area contributed by atoms with Crippen molar-refractivity contribution in [2.75, 3.05) is 23.0 Å². The summed E-state index contributed by atoms with van der Waals surface area (Å²) < 4.78 is 0. The number of carbonyl (C=O) groups is 1. The third kappa shape index (κ3) is 3.44. The number of hydrogen-bond donors (Lipinski definition) is 1. The van der Waals surface area contributed by atoms with Crippen molar-refractivity contribution >= 4 is 29.1 Å². The molecule has 8 heteroatoms. The number of thioether (sulfide) groups is 1. The molecule has 0 amide bonds. The summed E-state index contributed by atoms with van der Waals surface area (Å²) in [4.78, 5) is 23.4. The number of nitro groups is 1. The SMILES string of the molecule is N#Cc1ccc([N+](=O)[O-])c(N2CCSCC2CC(=O)O)c1. The molecule has 1 aliphatic heterocycles. The van der Waals surface area contributed by atoms with Crippen molar-refractivity contribution in [1.29, 1.82) is 5.26 Å². The van der Waals surface area contributed by atoms with Gasteiger partial charge in [-0.2, -0.15) is 17.0 Å². The molecule has 1 heterocycles. The van der Waals surface area contributed by atoms with E-state index in [1.807, 2.05) is 6.07 Å². The molecule has 110 valence electrons. The van der Waals surface area contributed by atoms with Gasteiger partial charge in [0.2, 0.25) is 0 Å². The molecule has 7 nitrogen and oxygen atoms in total. The summed E-state index contributed by atoms with van der Waals surface area (Å²) in [6, 6.07) is 5.80. The van der Waals surface area contributed by atoms with Gasteiger partial charge < -0.3 is 10.0 Å². The molecule has 0 spiro atoms. The molecular weight excluding hydrogens is 294 g/mol. The standard InChI is InChI=1S/C13H13N3O4S/c14-7-9-1-2-11(16(19)20)12(5-9)15-3-4-21-8-10(15)6-13(17)18/h1-2,5,10H,3-4,6,8H2,(H,17,18).